The number of hydrogen-bond donors (Lipinski definition) is 3. The second-order valence-corrected chi connectivity index (χ2v) is 6.74. The van der Waals surface area contributed by atoms with E-state index in [4.69, 9.17) is 5.84 Å². The summed E-state index contributed by atoms with van der Waals surface area (Å²) >= 11 is 3.49. The van der Waals surface area contributed by atoms with Crippen LogP contribution in [0.25, 0.3) is 0 Å². The molecule has 1 aromatic rings. The number of likely N-dealkylation sites (N-methyl/N-ethyl adjacent to an activating group) is 1. The minimum Gasteiger partial charge on any atom is -0.389 e. The Bertz CT molecular complexity index is 516. The molecule has 0 bridgehead atoms. The molecule has 2 rings (SSSR count). The Morgan fingerprint density at radius 3 is 2.71 bits per heavy atom. The number of aliphatic hydroxyl groups is 1. The molecule has 1 aliphatic carbocycles. The van der Waals surface area contributed by atoms with E-state index in [-0.39, 0.29) is 5.91 Å². The lowest BCUT2D eigenvalue weighted by molar-refractivity contribution is 0.0145. The summed E-state index contributed by atoms with van der Waals surface area (Å²) in [5, 5.41) is 10.4. The van der Waals surface area contributed by atoms with Crippen LogP contribution in [0.3, 0.4) is 0 Å². The summed E-state index contributed by atoms with van der Waals surface area (Å²) in [4.78, 5) is 13.6. The maximum absolute atomic E-state index is 11.5. The van der Waals surface area contributed by atoms with Crippen LogP contribution in [0.2, 0.25) is 0 Å². The van der Waals surface area contributed by atoms with Crippen molar-refractivity contribution in [3.05, 3.63) is 33.8 Å². The van der Waals surface area contributed by atoms with Gasteiger partial charge in [0.2, 0.25) is 0 Å². The lowest BCUT2D eigenvalue weighted by Crippen LogP contribution is -2.38. The Morgan fingerprint density at radius 1 is 1.48 bits per heavy atom. The van der Waals surface area contributed by atoms with Crippen molar-refractivity contribution < 1.29 is 9.90 Å². The lowest BCUT2D eigenvalue weighted by atomic mass is 10.0. The van der Waals surface area contributed by atoms with Gasteiger partial charge in [0.25, 0.3) is 5.91 Å². The molecule has 21 heavy (non-hydrogen) atoms. The Labute approximate surface area is 133 Å². The fourth-order valence-corrected chi connectivity index (χ4v) is 3.44. The maximum Gasteiger partial charge on any atom is 0.265 e. The Balaban J connectivity index is 2.00. The molecule has 5 nitrogen and oxygen atoms in total. The van der Waals surface area contributed by atoms with Crippen LogP contribution in [0, 0.1) is 0 Å². The molecule has 0 radical (unpaired) electrons. The minimum absolute atomic E-state index is 0.309. The first-order chi connectivity index (χ1) is 9.93. The minimum atomic E-state index is -0.541. The molecule has 116 valence electrons. The predicted molar refractivity (Wildman–Crippen MR) is 85.5 cm³/mol. The van der Waals surface area contributed by atoms with Crippen molar-refractivity contribution in [1.82, 2.24) is 10.3 Å². The summed E-state index contributed by atoms with van der Waals surface area (Å²) in [5.74, 6) is 4.82. The van der Waals surface area contributed by atoms with E-state index in [9.17, 15) is 9.90 Å². The second-order valence-electron chi connectivity index (χ2n) is 5.88. The number of nitrogens with two attached hydrogens (primary N) is 1. The summed E-state index contributed by atoms with van der Waals surface area (Å²) in [6.45, 7) is 1.39. The molecular formula is C15H22BrN3O2. The van der Waals surface area contributed by atoms with Crippen LogP contribution in [0.4, 0.5) is 0 Å². The average Bonchev–Trinajstić information content (AvgIpc) is 2.86. The van der Waals surface area contributed by atoms with Gasteiger partial charge in [-0.25, -0.2) is 5.84 Å². The molecular weight excluding hydrogens is 334 g/mol. The van der Waals surface area contributed by atoms with Gasteiger partial charge in [-0.2, -0.15) is 0 Å². The number of nitrogens with one attached hydrogen (secondary N) is 1. The van der Waals surface area contributed by atoms with E-state index in [0.717, 1.165) is 35.7 Å². The highest BCUT2D eigenvalue weighted by Crippen LogP contribution is 2.30. The van der Waals surface area contributed by atoms with Gasteiger partial charge in [-0.15, -0.1) is 0 Å². The van der Waals surface area contributed by atoms with Crippen LogP contribution < -0.4 is 11.3 Å². The number of rotatable bonds is 5. The monoisotopic (exact) mass is 355 g/mol. The van der Waals surface area contributed by atoms with Gasteiger partial charge in [0.1, 0.15) is 0 Å². The van der Waals surface area contributed by atoms with Gasteiger partial charge in [-0.3, -0.25) is 15.1 Å². The molecule has 0 aliphatic heterocycles. The zero-order valence-electron chi connectivity index (χ0n) is 12.2. The van der Waals surface area contributed by atoms with E-state index in [0.29, 0.717) is 18.7 Å². The quantitative estimate of drug-likeness (QED) is 0.427. The van der Waals surface area contributed by atoms with Crippen molar-refractivity contribution in [3.8, 4) is 0 Å². The van der Waals surface area contributed by atoms with Crippen LogP contribution in [0.5, 0.6) is 0 Å². The normalized spacial score (nSPS) is 17.2. The Morgan fingerprint density at radius 2 is 2.14 bits per heavy atom. The third kappa shape index (κ3) is 4.26. The third-order valence-corrected chi connectivity index (χ3v) is 4.72. The highest BCUT2D eigenvalue weighted by atomic mass is 79.9. The summed E-state index contributed by atoms with van der Waals surface area (Å²) in [6.07, 6.45) is 3.98. The molecule has 1 saturated carbocycles. The van der Waals surface area contributed by atoms with Crippen molar-refractivity contribution >= 4 is 21.8 Å². The van der Waals surface area contributed by atoms with E-state index in [1.54, 1.807) is 12.1 Å². The molecule has 0 spiro atoms. The van der Waals surface area contributed by atoms with Crippen molar-refractivity contribution in [2.75, 3.05) is 13.6 Å². The van der Waals surface area contributed by atoms with E-state index < -0.39 is 5.60 Å². The number of hydrazine groups is 1. The van der Waals surface area contributed by atoms with Gasteiger partial charge >= 0.3 is 0 Å². The van der Waals surface area contributed by atoms with Crippen molar-refractivity contribution in [2.45, 2.75) is 37.8 Å². The standard InChI is InChI=1S/C15H22BrN3O2/c1-19(10-15(21)6-2-3-7-15)9-12-5-4-11(8-13(12)16)14(20)18-17/h4-5,8,21H,2-3,6-7,9-10,17H2,1H3,(H,18,20). The molecule has 1 aliphatic rings. The van der Waals surface area contributed by atoms with Gasteiger partial charge in [-0.1, -0.05) is 34.8 Å². The van der Waals surface area contributed by atoms with E-state index in [1.165, 1.54) is 0 Å². The van der Waals surface area contributed by atoms with Crippen LogP contribution in [-0.2, 0) is 6.54 Å². The number of hydrogen-bond acceptors (Lipinski definition) is 4. The topological polar surface area (TPSA) is 78.6 Å². The molecule has 1 fully saturated rings. The summed E-state index contributed by atoms with van der Waals surface area (Å²) in [5.41, 5.74) is 3.17. The van der Waals surface area contributed by atoms with Gasteiger partial charge in [0, 0.05) is 23.1 Å². The number of nitrogens with zero attached hydrogens (tertiary/aromatic N) is 1. The van der Waals surface area contributed by atoms with Gasteiger partial charge in [-0.05, 0) is 37.6 Å². The van der Waals surface area contributed by atoms with E-state index in [2.05, 4.69) is 26.3 Å². The highest BCUT2D eigenvalue weighted by molar-refractivity contribution is 9.10. The first-order valence-electron chi connectivity index (χ1n) is 7.14. The number of carbonyl (C=O) groups is 1. The summed E-state index contributed by atoms with van der Waals surface area (Å²) in [7, 11) is 2.00. The molecule has 1 amide bonds. The SMILES string of the molecule is CN(Cc1ccc(C(=O)NN)cc1Br)CC1(O)CCCC1. The Hall–Kier alpha value is -0.950. The molecule has 0 saturated heterocycles. The highest BCUT2D eigenvalue weighted by Gasteiger charge is 2.32. The molecule has 4 N–H and O–H groups in total. The van der Waals surface area contributed by atoms with Crippen LogP contribution in [0.15, 0.2) is 22.7 Å². The third-order valence-electron chi connectivity index (χ3n) is 3.99. The number of halogens is 1. The number of benzene rings is 1. The largest absolute Gasteiger partial charge is 0.389 e. The summed E-state index contributed by atoms with van der Waals surface area (Å²) < 4.78 is 0.869. The molecule has 0 aromatic heterocycles. The number of amides is 1. The fraction of sp³-hybridized carbons (Fsp3) is 0.533. The molecule has 0 heterocycles. The van der Waals surface area contributed by atoms with Gasteiger partial charge in [0.15, 0.2) is 0 Å². The fourth-order valence-electron chi connectivity index (χ4n) is 2.94. The molecule has 1 aromatic carbocycles. The average molecular weight is 356 g/mol. The zero-order valence-corrected chi connectivity index (χ0v) is 13.8. The second kappa shape index (κ2) is 6.87. The Kier molecular flexibility index (Phi) is 5.37. The maximum atomic E-state index is 11.5. The van der Waals surface area contributed by atoms with Gasteiger partial charge in [0.05, 0.1) is 5.60 Å². The van der Waals surface area contributed by atoms with Crippen molar-refractivity contribution in [3.63, 3.8) is 0 Å². The van der Waals surface area contributed by atoms with Crippen molar-refractivity contribution in [2.24, 2.45) is 5.84 Å². The van der Waals surface area contributed by atoms with E-state index >= 15 is 0 Å². The lowest BCUT2D eigenvalue weighted by Gasteiger charge is -2.28. The van der Waals surface area contributed by atoms with E-state index in [1.807, 2.05) is 13.1 Å². The predicted octanol–water partition coefficient (Wildman–Crippen LogP) is 1.79. The van der Waals surface area contributed by atoms with Gasteiger partial charge < -0.3 is 5.11 Å². The first-order valence-corrected chi connectivity index (χ1v) is 7.93. The molecule has 0 atom stereocenters. The van der Waals surface area contributed by atoms with Crippen LogP contribution in [0.1, 0.15) is 41.6 Å². The van der Waals surface area contributed by atoms with Crippen molar-refractivity contribution in [1.29, 1.82) is 0 Å². The number of carbonyl (C=O) groups excluding carboxylic acids is 1. The van der Waals surface area contributed by atoms with Crippen LogP contribution >= 0.6 is 15.9 Å². The smallest absolute Gasteiger partial charge is 0.265 e. The zero-order chi connectivity index (χ0) is 15.5. The number of nitrogen functional groups attached to an aromatic ring is 1. The molecule has 6 heteroatoms. The summed E-state index contributed by atoms with van der Waals surface area (Å²) in [6, 6.07) is 5.42. The first kappa shape index (κ1) is 16.4. The van der Waals surface area contributed by atoms with Crippen LogP contribution in [-0.4, -0.2) is 35.1 Å². The molecule has 0 unspecified atom stereocenters.